The van der Waals surface area contributed by atoms with E-state index in [0.717, 1.165) is 36.3 Å². The van der Waals surface area contributed by atoms with Crippen LogP contribution in [-0.4, -0.2) is 4.98 Å². The molecule has 3 nitrogen and oxygen atoms in total. The first-order valence-corrected chi connectivity index (χ1v) is 15.1. The van der Waals surface area contributed by atoms with Gasteiger partial charge < -0.3 is 11.1 Å². The van der Waals surface area contributed by atoms with Crippen LogP contribution in [0.2, 0.25) is 0 Å². The summed E-state index contributed by atoms with van der Waals surface area (Å²) in [4.78, 5) is 5.27. The molecule has 1 aliphatic rings. The third-order valence-corrected chi connectivity index (χ3v) is 8.79. The molecule has 5 aromatic rings. The molecular weight excluding hydrogens is 498 g/mol. The first-order chi connectivity index (χ1) is 19.9. The van der Waals surface area contributed by atoms with Crippen LogP contribution in [0.15, 0.2) is 91.0 Å². The minimum Gasteiger partial charge on any atom is -0.398 e. The Morgan fingerprint density at radius 3 is 2.32 bits per heavy atom. The quantitative estimate of drug-likeness (QED) is 0.193. The van der Waals surface area contributed by atoms with E-state index >= 15 is 0 Å². The van der Waals surface area contributed by atoms with Gasteiger partial charge in [-0.2, -0.15) is 0 Å². The number of benzene rings is 4. The Morgan fingerprint density at radius 1 is 0.805 bits per heavy atom. The monoisotopic (exact) mass is 539 g/mol. The highest BCUT2D eigenvalue weighted by molar-refractivity contribution is 5.97. The molecule has 6 rings (SSSR count). The Morgan fingerprint density at radius 2 is 1.54 bits per heavy atom. The fourth-order valence-corrected chi connectivity index (χ4v) is 6.69. The van der Waals surface area contributed by atoms with Gasteiger partial charge in [-0.1, -0.05) is 100 Å². The van der Waals surface area contributed by atoms with E-state index in [9.17, 15) is 0 Å². The summed E-state index contributed by atoms with van der Waals surface area (Å²) in [6.45, 7) is 9.75. The predicted molar refractivity (Wildman–Crippen MR) is 175 cm³/mol. The van der Waals surface area contributed by atoms with Gasteiger partial charge in [-0.05, 0) is 93.8 Å². The van der Waals surface area contributed by atoms with Crippen molar-refractivity contribution in [3.8, 4) is 11.3 Å². The SMILES string of the molecule is CC(C)c1cccc(C(C)C)c1NCc1cccc(-c2c(CC3CCc4c(N)cccc43)ccc3ccccc23)n1. The van der Waals surface area contributed by atoms with Gasteiger partial charge in [0.2, 0.25) is 0 Å². The molecule has 3 N–H and O–H groups in total. The lowest BCUT2D eigenvalue weighted by Gasteiger charge is -2.21. The van der Waals surface area contributed by atoms with Gasteiger partial charge in [0, 0.05) is 16.9 Å². The normalized spacial score (nSPS) is 14.6. The van der Waals surface area contributed by atoms with Gasteiger partial charge >= 0.3 is 0 Å². The maximum atomic E-state index is 6.35. The van der Waals surface area contributed by atoms with Crippen molar-refractivity contribution in [1.29, 1.82) is 0 Å². The number of anilines is 2. The second kappa shape index (κ2) is 11.4. The molecule has 1 heterocycles. The molecule has 0 amide bonds. The molecule has 0 saturated carbocycles. The standard InChI is InChI=1S/C38H41N3/c1-24(2)30-13-8-14-31(25(3)4)38(30)40-23-29-11-7-17-36(41-29)37-28(19-18-26-10-5-6-12-33(26)37)22-27-20-21-34-32(27)15-9-16-35(34)39/h5-19,24-25,27,40H,20-23,39H2,1-4H3. The highest BCUT2D eigenvalue weighted by Crippen LogP contribution is 2.41. The molecule has 0 aliphatic heterocycles. The minimum absolute atomic E-state index is 0.449. The topological polar surface area (TPSA) is 50.9 Å². The van der Waals surface area contributed by atoms with Crippen molar-refractivity contribution in [3.05, 3.63) is 125 Å². The predicted octanol–water partition coefficient (Wildman–Crippen LogP) is 9.62. The molecule has 208 valence electrons. The van der Waals surface area contributed by atoms with Crippen LogP contribution in [0.5, 0.6) is 0 Å². The van der Waals surface area contributed by atoms with Crippen molar-refractivity contribution in [2.45, 2.75) is 71.3 Å². The first kappa shape index (κ1) is 27.1. The third kappa shape index (κ3) is 5.34. The smallest absolute Gasteiger partial charge is 0.0715 e. The number of pyridine rings is 1. The molecule has 0 saturated heterocycles. The summed E-state index contributed by atoms with van der Waals surface area (Å²) in [6.07, 6.45) is 3.19. The van der Waals surface area contributed by atoms with Crippen LogP contribution in [0.3, 0.4) is 0 Å². The van der Waals surface area contributed by atoms with Crippen molar-refractivity contribution in [1.82, 2.24) is 4.98 Å². The van der Waals surface area contributed by atoms with Crippen molar-refractivity contribution in [2.75, 3.05) is 11.1 Å². The summed E-state index contributed by atoms with van der Waals surface area (Å²) >= 11 is 0. The van der Waals surface area contributed by atoms with Crippen LogP contribution < -0.4 is 11.1 Å². The average molecular weight is 540 g/mol. The van der Waals surface area contributed by atoms with Crippen molar-refractivity contribution in [2.24, 2.45) is 0 Å². The minimum atomic E-state index is 0.449. The van der Waals surface area contributed by atoms with Gasteiger partial charge in [0.05, 0.1) is 17.9 Å². The Bertz CT molecular complexity index is 1670. The largest absolute Gasteiger partial charge is 0.398 e. The van der Waals surface area contributed by atoms with E-state index in [-0.39, 0.29) is 0 Å². The molecular formula is C38H41N3. The van der Waals surface area contributed by atoms with Gasteiger partial charge in [0.25, 0.3) is 0 Å². The van der Waals surface area contributed by atoms with E-state index in [1.807, 2.05) is 6.07 Å². The number of nitrogens with one attached hydrogen (secondary N) is 1. The lowest BCUT2D eigenvalue weighted by atomic mass is 9.87. The van der Waals surface area contributed by atoms with Gasteiger partial charge in [-0.3, -0.25) is 4.98 Å². The number of hydrogen-bond acceptors (Lipinski definition) is 3. The lowest BCUT2D eigenvalue weighted by molar-refractivity contribution is 0.675. The van der Waals surface area contributed by atoms with Gasteiger partial charge in [-0.15, -0.1) is 0 Å². The fraction of sp³-hybridized carbons (Fsp3) is 0.289. The summed E-state index contributed by atoms with van der Waals surface area (Å²) in [5.41, 5.74) is 18.7. The molecule has 0 radical (unpaired) electrons. The molecule has 41 heavy (non-hydrogen) atoms. The number of hydrogen-bond donors (Lipinski definition) is 2. The Hall–Kier alpha value is -4.11. The molecule has 0 bridgehead atoms. The van der Waals surface area contributed by atoms with Crippen LogP contribution in [0.4, 0.5) is 11.4 Å². The Balaban J connectivity index is 1.36. The molecule has 1 aromatic heterocycles. The van der Waals surface area contributed by atoms with Crippen molar-refractivity contribution in [3.63, 3.8) is 0 Å². The second-order valence-electron chi connectivity index (χ2n) is 12.2. The van der Waals surface area contributed by atoms with E-state index in [1.54, 1.807) is 0 Å². The van der Waals surface area contributed by atoms with Gasteiger partial charge in [-0.25, -0.2) is 0 Å². The maximum absolute atomic E-state index is 6.35. The van der Waals surface area contributed by atoms with Crippen LogP contribution >= 0.6 is 0 Å². The zero-order valence-electron chi connectivity index (χ0n) is 24.7. The van der Waals surface area contributed by atoms with E-state index in [2.05, 4.69) is 118 Å². The van der Waals surface area contributed by atoms with E-state index in [1.165, 1.54) is 49.8 Å². The molecule has 4 aromatic carbocycles. The molecule has 0 spiro atoms. The summed E-state index contributed by atoms with van der Waals surface area (Å²) in [6, 6.07) is 32.9. The van der Waals surface area contributed by atoms with E-state index in [0.29, 0.717) is 24.3 Å². The Kier molecular flexibility index (Phi) is 7.53. The third-order valence-electron chi connectivity index (χ3n) is 8.79. The average Bonchev–Trinajstić information content (AvgIpc) is 3.39. The number of fused-ring (bicyclic) bond motifs is 2. The number of rotatable bonds is 8. The lowest BCUT2D eigenvalue weighted by Crippen LogP contribution is -2.09. The molecule has 0 fully saturated rings. The summed E-state index contributed by atoms with van der Waals surface area (Å²) in [5, 5.41) is 6.31. The summed E-state index contributed by atoms with van der Waals surface area (Å²) < 4.78 is 0. The second-order valence-corrected chi connectivity index (χ2v) is 12.2. The highest BCUT2D eigenvalue weighted by Gasteiger charge is 2.26. The zero-order chi connectivity index (χ0) is 28.5. The first-order valence-electron chi connectivity index (χ1n) is 15.1. The summed E-state index contributed by atoms with van der Waals surface area (Å²) in [5.74, 6) is 1.37. The van der Waals surface area contributed by atoms with Crippen LogP contribution in [-0.2, 0) is 19.4 Å². The number of nitrogen functional groups attached to an aromatic ring is 1. The zero-order valence-corrected chi connectivity index (χ0v) is 24.7. The van der Waals surface area contributed by atoms with Crippen LogP contribution in [0.25, 0.3) is 22.0 Å². The number of para-hydroxylation sites is 1. The van der Waals surface area contributed by atoms with Crippen LogP contribution in [0, 0.1) is 0 Å². The van der Waals surface area contributed by atoms with E-state index < -0.39 is 0 Å². The van der Waals surface area contributed by atoms with Crippen LogP contribution in [0.1, 0.15) is 85.4 Å². The van der Waals surface area contributed by atoms with Crippen molar-refractivity contribution < 1.29 is 0 Å². The Labute approximate surface area is 244 Å². The van der Waals surface area contributed by atoms with Gasteiger partial charge in [0.1, 0.15) is 0 Å². The molecule has 1 aliphatic carbocycles. The summed E-state index contributed by atoms with van der Waals surface area (Å²) in [7, 11) is 0. The fourth-order valence-electron chi connectivity index (χ4n) is 6.69. The molecule has 3 heteroatoms. The number of nitrogens with zero attached hydrogens (tertiary/aromatic N) is 1. The van der Waals surface area contributed by atoms with E-state index in [4.69, 9.17) is 10.7 Å². The highest BCUT2D eigenvalue weighted by atomic mass is 14.9. The number of nitrogens with two attached hydrogens (primary N) is 1. The number of aromatic nitrogens is 1. The molecule has 1 atom stereocenters. The maximum Gasteiger partial charge on any atom is 0.0715 e. The van der Waals surface area contributed by atoms with Gasteiger partial charge in [0.15, 0.2) is 0 Å². The van der Waals surface area contributed by atoms with Crippen molar-refractivity contribution >= 4 is 22.1 Å². The molecule has 1 unspecified atom stereocenters.